The third-order valence-corrected chi connectivity index (χ3v) is 4.62. The Morgan fingerprint density at radius 1 is 1.44 bits per heavy atom. The molecule has 0 aliphatic carbocycles. The molecule has 8 heteroatoms. The highest BCUT2D eigenvalue weighted by atomic mass is 16.2. The summed E-state index contributed by atoms with van der Waals surface area (Å²) in [6, 6.07) is 1.62. The highest BCUT2D eigenvalue weighted by Gasteiger charge is 2.28. The molecule has 0 radical (unpaired) electrons. The van der Waals surface area contributed by atoms with Crippen molar-refractivity contribution in [2.75, 3.05) is 13.1 Å². The summed E-state index contributed by atoms with van der Waals surface area (Å²) in [5.74, 6) is -0.189. The molecule has 3 N–H and O–H groups in total. The summed E-state index contributed by atoms with van der Waals surface area (Å²) in [5, 5.41) is 0.163. The van der Waals surface area contributed by atoms with E-state index >= 15 is 0 Å². The van der Waals surface area contributed by atoms with E-state index in [0.29, 0.717) is 25.3 Å². The van der Waals surface area contributed by atoms with Crippen LogP contribution in [0.2, 0.25) is 0 Å². The van der Waals surface area contributed by atoms with Gasteiger partial charge < -0.3 is 10.6 Å². The molecule has 3 heterocycles. The first-order chi connectivity index (χ1) is 11.8. The maximum atomic E-state index is 13.0. The Balaban J connectivity index is 2.31. The van der Waals surface area contributed by atoms with Gasteiger partial charge >= 0.3 is 5.69 Å². The van der Waals surface area contributed by atoms with E-state index in [0.717, 1.165) is 6.42 Å². The van der Waals surface area contributed by atoms with Crippen LogP contribution in [0.3, 0.4) is 0 Å². The first-order valence-electron chi connectivity index (χ1n) is 8.56. The number of nitrogens with one attached hydrogen (secondary N) is 1. The first kappa shape index (κ1) is 17.3. The monoisotopic (exact) mass is 345 g/mol. The summed E-state index contributed by atoms with van der Waals surface area (Å²) in [6.07, 6.45) is 0.738. The molecule has 1 amide bonds. The molecule has 1 saturated heterocycles. The van der Waals surface area contributed by atoms with E-state index in [1.807, 2.05) is 13.8 Å². The Morgan fingerprint density at radius 2 is 2.16 bits per heavy atom. The Bertz CT molecular complexity index is 944. The fourth-order valence-corrected chi connectivity index (χ4v) is 3.19. The van der Waals surface area contributed by atoms with Gasteiger partial charge in [-0.1, -0.05) is 13.8 Å². The van der Waals surface area contributed by atoms with E-state index in [-0.39, 0.29) is 34.5 Å². The molecule has 1 fully saturated rings. The van der Waals surface area contributed by atoms with Crippen LogP contribution >= 0.6 is 0 Å². The summed E-state index contributed by atoms with van der Waals surface area (Å²) in [7, 11) is 0. The molecule has 8 nitrogen and oxygen atoms in total. The molecule has 0 bridgehead atoms. The number of fused-ring (bicyclic) bond motifs is 1. The molecule has 1 aliphatic rings. The van der Waals surface area contributed by atoms with Crippen LogP contribution in [-0.2, 0) is 6.54 Å². The van der Waals surface area contributed by atoms with Gasteiger partial charge in [-0.2, -0.15) is 0 Å². The molecule has 0 saturated carbocycles. The molecule has 25 heavy (non-hydrogen) atoms. The fourth-order valence-electron chi connectivity index (χ4n) is 3.19. The van der Waals surface area contributed by atoms with Gasteiger partial charge in [-0.05, 0) is 25.3 Å². The van der Waals surface area contributed by atoms with Crippen LogP contribution in [-0.4, -0.2) is 44.5 Å². The molecule has 0 spiro atoms. The molecule has 2 aromatic heterocycles. The molecule has 0 unspecified atom stereocenters. The molecule has 0 aromatic carbocycles. The Morgan fingerprint density at radius 3 is 2.72 bits per heavy atom. The van der Waals surface area contributed by atoms with E-state index in [9.17, 15) is 14.4 Å². The number of carbonyl (C=O) groups is 1. The Kier molecular flexibility index (Phi) is 4.47. The summed E-state index contributed by atoms with van der Waals surface area (Å²) in [5.41, 5.74) is 6.02. The van der Waals surface area contributed by atoms with Crippen LogP contribution in [0.1, 0.15) is 49.2 Å². The van der Waals surface area contributed by atoms with Crippen molar-refractivity contribution in [2.24, 2.45) is 5.73 Å². The van der Waals surface area contributed by atoms with Gasteiger partial charge in [-0.25, -0.2) is 9.78 Å². The molecule has 2 aromatic rings. The van der Waals surface area contributed by atoms with Crippen molar-refractivity contribution in [1.82, 2.24) is 19.4 Å². The zero-order valence-electron chi connectivity index (χ0n) is 14.7. The highest BCUT2D eigenvalue weighted by molar-refractivity contribution is 6.05. The summed E-state index contributed by atoms with van der Waals surface area (Å²) in [4.78, 5) is 46.0. The van der Waals surface area contributed by atoms with E-state index in [4.69, 9.17) is 5.73 Å². The smallest absolute Gasteiger partial charge is 0.329 e. The van der Waals surface area contributed by atoms with Crippen LogP contribution in [0, 0.1) is 0 Å². The summed E-state index contributed by atoms with van der Waals surface area (Å²) in [6.45, 7) is 7.08. The van der Waals surface area contributed by atoms with Crippen LogP contribution in [0.5, 0.6) is 0 Å². The minimum Gasteiger partial charge on any atom is -0.337 e. The average Bonchev–Trinajstić information content (AvgIpc) is 2.99. The van der Waals surface area contributed by atoms with Gasteiger partial charge in [0, 0.05) is 31.4 Å². The second-order valence-electron chi connectivity index (χ2n) is 6.75. The van der Waals surface area contributed by atoms with Crippen LogP contribution < -0.4 is 17.0 Å². The topological polar surface area (TPSA) is 114 Å². The van der Waals surface area contributed by atoms with Crippen LogP contribution in [0.25, 0.3) is 11.0 Å². The number of H-pyrrole nitrogens is 1. The molecule has 134 valence electrons. The zero-order valence-corrected chi connectivity index (χ0v) is 14.7. The van der Waals surface area contributed by atoms with E-state index < -0.39 is 11.2 Å². The predicted molar refractivity (Wildman–Crippen MR) is 94.9 cm³/mol. The minimum atomic E-state index is -0.584. The lowest BCUT2D eigenvalue weighted by Gasteiger charge is -2.19. The van der Waals surface area contributed by atoms with Crippen LogP contribution in [0.4, 0.5) is 0 Å². The zero-order chi connectivity index (χ0) is 18.3. The molecule has 1 atom stereocenters. The number of likely N-dealkylation sites (tertiary alicyclic amines) is 1. The normalized spacial score (nSPS) is 17.6. The number of aromatic amines is 1. The number of nitrogens with two attached hydrogens (primary N) is 1. The maximum Gasteiger partial charge on any atom is 0.329 e. The number of hydrogen-bond donors (Lipinski definition) is 2. The largest absolute Gasteiger partial charge is 0.337 e. The standard InChI is InChI=1S/C17H23N5O3/c1-4-22-14-13(15(23)20-17(22)25)11(7-12(19-14)9(2)3)16(24)21-6-5-10(18)8-21/h7,9-10H,4-6,8,18H2,1-3H3,(H,20,23,25)/t10-/m1/s1. The lowest BCUT2D eigenvalue weighted by molar-refractivity contribution is 0.0792. The highest BCUT2D eigenvalue weighted by Crippen LogP contribution is 2.22. The van der Waals surface area contributed by atoms with E-state index in [1.165, 1.54) is 4.57 Å². The van der Waals surface area contributed by atoms with Crippen molar-refractivity contribution >= 4 is 16.9 Å². The Labute approximate surface area is 144 Å². The minimum absolute atomic E-state index is 0.0475. The number of pyridine rings is 1. The van der Waals surface area contributed by atoms with Gasteiger partial charge in [-0.3, -0.25) is 19.1 Å². The first-order valence-corrected chi connectivity index (χ1v) is 8.56. The van der Waals surface area contributed by atoms with Crippen molar-refractivity contribution in [3.63, 3.8) is 0 Å². The third kappa shape index (κ3) is 2.97. The van der Waals surface area contributed by atoms with E-state index in [1.54, 1.807) is 17.9 Å². The second kappa shape index (κ2) is 6.44. The number of amides is 1. The lowest BCUT2D eigenvalue weighted by Crippen LogP contribution is -2.35. The van der Waals surface area contributed by atoms with Gasteiger partial charge in [-0.15, -0.1) is 0 Å². The number of hydrogen-bond acceptors (Lipinski definition) is 5. The quantitative estimate of drug-likeness (QED) is 0.836. The molecular formula is C17H23N5O3. The Hall–Kier alpha value is -2.48. The summed E-state index contributed by atoms with van der Waals surface area (Å²) >= 11 is 0. The molecule has 3 rings (SSSR count). The number of nitrogens with zero attached hydrogens (tertiary/aromatic N) is 3. The van der Waals surface area contributed by atoms with Crippen molar-refractivity contribution in [1.29, 1.82) is 0 Å². The molecular weight excluding hydrogens is 322 g/mol. The lowest BCUT2D eigenvalue weighted by atomic mass is 10.0. The van der Waals surface area contributed by atoms with Gasteiger partial charge in [0.1, 0.15) is 0 Å². The number of aromatic nitrogens is 3. The number of aryl methyl sites for hydroxylation is 1. The van der Waals surface area contributed by atoms with Gasteiger partial charge in [0.25, 0.3) is 11.5 Å². The van der Waals surface area contributed by atoms with Gasteiger partial charge in [0.15, 0.2) is 5.65 Å². The summed E-state index contributed by atoms with van der Waals surface area (Å²) < 4.78 is 1.38. The SMILES string of the molecule is CCn1c(=O)[nH]c(=O)c2c(C(=O)N3CC[C@@H](N)C3)cc(C(C)C)nc21. The number of carbonyl (C=O) groups excluding carboxylic acids is 1. The van der Waals surface area contributed by atoms with Crippen molar-refractivity contribution < 1.29 is 4.79 Å². The third-order valence-electron chi connectivity index (χ3n) is 4.62. The van der Waals surface area contributed by atoms with Gasteiger partial charge in [0.2, 0.25) is 0 Å². The number of rotatable bonds is 3. The fraction of sp³-hybridized carbons (Fsp3) is 0.529. The van der Waals surface area contributed by atoms with Gasteiger partial charge in [0.05, 0.1) is 10.9 Å². The predicted octanol–water partition coefficient (Wildman–Crippen LogP) is 0.401. The van der Waals surface area contributed by atoms with E-state index in [2.05, 4.69) is 9.97 Å². The van der Waals surface area contributed by atoms with Crippen molar-refractivity contribution in [3.05, 3.63) is 38.2 Å². The second-order valence-corrected chi connectivity index (χ2v) is 6.75. The maximum absolute atomic E-state index is 13.0. The van der Waals surface area contributed by atoms with Crippen LogP contribution in [0.15, 0.2) is 15.7 Å². The molecule has 1 aliphatic heterocycles. The average molecular weight is 345 g/mol. The van der Waals surface area contributed by atoms with Crippen molar-refractivity contribution in [3.8, 4) is 0 Å². The van der Waals surface area contributed by atoms with Crippen molar-refractivity contribution in [2.45, 2.75) is 45.7 Å².